The third kappa shape index (κ3) is 3.99. The van der Waals surface area contributed by atoms with Crippen molar-refractivity contribution in [3.63, 3.8) is 0 Å². The molecule has 0 fully saturated rings. The van der Waals surface area contributed by atoms with Crippen molar-refractivity contribution in [3.05, 3.63) is 36.0 Å². The first-order chi connectivity index (χ1) is 10.9. The van der Waals surface area contributed by atoms with E-state index < -0.39 is 0 Å². The fraction of sp³-hybridized carbons (Fsp3) is 0.438. The molecule has 6 heteroatoms. The smallest absolute Gasteiger partial charge is 0.161 e. The first-order valence-corrected chi connectivity index (χ1v) is 7.43. The van der Waals surface area contributed by atoms with Crippen molar-refractivity contribution < 1.29 is 18.9 Å². The van der Waals surface area contributed by atoms with E-state index in [9.17, 15) is 0 Å². The monoisotopic (exact) mass is 304 g/mol. The molecule has 118 valence electrons. The van der Waals surface area contributed by atoms with Gasteiger partial charge in [-0.25, -0.2) is 0 Å². The molecule has 22 heavy (non-hydrogen) atoms. The average Bonchev–Trinajstić information content (AvgIpc) is 2.56. The summed E-state index contributed by atoms with van der Waals surface area (Å²) in [6.45, 7) is 3.18. The maximum Gasteiger partial charge on any atom is 0.161 e. The van der Waals surface area contributed by atoms with Crippen LogP contribution in [-0.2, 0) is 9.47 Å². The van der Waals surface area contributed by atoms with Gasteiger partial charge in [0.15, 0.2) is 11.5 Å². The average molecular weight is 304 g/mol. The highest BCUT2D eigenvalue weighted by molar-refractivity contribution is 5.59. The molecule has 1 aromatic rings. The summed E-state index contributed by atoms with van der Waals surface area (Å²) in [7, 11) is 0. The molecule has 6 nitrogen and oxygen atoms in total. The molecule has 0 radical (unpaired) electrons. The van der Waals surface area contributed by atoms with Crippen molar-refractivity contribution in [3.8, 4) is 11.5 Å². The van der Waals surface area contributed by atoms with E-state index in [1.165, 1.54) is 0 Å². The number of nitrogens with one attached hydrogen (secondary N) is 1. The number of rotatable bonds is 1. The summed E-state index contributed by atoms with van der Waals surface area (Å²) >= 11 is 0. The van der Waals surface area contributed by atoms with Crippen LogP contribution in [0.1, 0.15) is 11.6 Å². The van der Waals surface area contributed by atoms with E-state index in [2.05, 4.69) is 10.3 Å². The highest BCUT2D eigenvalue weighted by Gasteiger charge is 2.13. The molecule has 0 saturated heterocycles. The Labute approximate surface area is 129 Å². The molecule has 2 aliphatic rings. The molecule has 2 heterocycles. The standard InChI is InChI=1S/C16H20N2O4/c1-2-15-16(11-13(1)14-3-4-17-12-18-14)22-10-8-20-6-5-19-7-9-21-15/h1-4,11-12,14H,5-10H2,(H,17,18)/t14-/m0/s1. The van der Waals surface area contributed by atoms with Gasteiger partial charge in [-0.05, 0) is 23.8 Å². The van der Waals surface area contributed by atoms with Crippen molar-refractivity contribution in [2.45, 2.75) is 6.04 Å². The Balaban J connectivity index is 1.76. The molecule has 0 unspecified atom stereocenters. The van der Waals surface area contributed by atoms with Gasteiger partial charge in [0.1, 0.15) is 13.2 Å². The lowest BCUT2D eigenvalue weighted by molar-refractivity contribution is 0.0223. The number of aliphatic imine (C=N–C) groups is 1. The number of hydrogen-bond donors (Lipinski definition) is 1. The van der Waals surface area contributed by atoms with Crippen LogP contribution in [0.15, 0.2) is 35.5 Å². The lowest BCUT2D eigenvalue weighted by Gasteiger charge is -2.18. The predicted molar refractivity (Wildman–Crippen MR) is 82.6 cm³/mol. The second kappa shape index (κ2) is 7.82. The number of fused-ring (bicyclic) bond motifs is 1. The Morgan fingerprint density at radius 3 is 2.36 bits per heavy atom. The van der Waals surface area contributed by atoms with Crippen LogP contribution < -0.4 is 14.8 Å². The molecule has 0 amide bonds. The van der Waals surface area contributed by atoms with Crippen molar-refractivity contribution in [2.75, 3.05) is 39.6 Å². The van der Waals surface area contributed by atoms with Gasteiger partial charge in [-0.1, -0.05) is 6.07 Å². The minimum Gasteiger partial charge on any atom is -0.487 e. The lowest BCUT2D eigenvalue weighted by Crippen LogP contribution is -2.16. The normalized spacial score (nSPS) is 22.3. The number of benzene rings is 1. The number of hydrogen-bond acceptors (Lipinski definition) is 6. The van der Waals surface area contributed by atoms with Gasteiger partial charge in [0, 0.05) is 6.20 Å². The van der Waals surface area contributed by atoms with Gasteiger partial charge in [-0.3, -0.25) is 4.99 Å². The Morgan fingerprint density at radius 2 is 1.64 bits per heavy atom. The minimum absolute atomic E-state index is 0.00360. The topological polar surface area (TPSA) is 61.3 Å². The predicted octanol–water partition coefficient (Wildman–Crippen LogP) is 1.68. The van der Waals surface area contributed by atoms with E-state index in [0.717, 1.165) is 11.3 Å². The maximum absolute atomic E-state index is 5.81. The first kappa shape index (κ1) is 14.9. The van der Waals surface area contributed by atoms with E-state index in [0.29, 0.717) is 45.4 Å². The minimum atomic E-state index is -0.00360. The molecule has 1 aromatic carbocycles. The fourth-order valence-electron chi connectivity index (χ4n) is 2.24. The summed E-state index contributed by atoms with van der Waals surface area (Å²) in [4.78, 5) is 4.39. The largest absolute Gasteiger partial charge is 0.487 e. The van der Waals surface area contributed by atoms with E-state index in [1.807, 2.05) is 30.5 Å². The van der Waals surface area contributed by atoms with Crippen LogP contribution >= 0.6 is 0 Å². The van der Waals surface area contributed by atoms with E-state index >= 15 is 0 Å². The third-order valence-corrected chi connectivity index (χ3v) is 3.34. The van der Waals surface area contributed by atoms with Gasteiger partial charge in [0.2, 0.25) is 0 Å². The van der Waals surface area contributed by atoms with Crippen LogP contribution in [0.4, 0.5) is 0 Å². The van der Waals surface area contributed by atoms with Crippen molar-refractivity contribution in [1.29, 1.82) is 0 Å². The molecule has 0 aromatic heterocycles. The van der Waals surface area contributed by atoms with E-state index in [4.69, 9.17) is 18.9 Å². The quantitative estimate of drug-likeness (QED) is 0.855. The number of nitrogens with zero attached hydrogens (tertiary/aromatic N) is 1. The molecule has 3 rings (SSSR count). The zero-order chi connectivity index (χ0) is 15.0. The highest BCUT2D eigenvalue weighted by Crippen LogP contribution is 2.32. The van der Waals surface area contributed by atoms with Crippen LogP contribution in [0, 0.1) is 0 Å². The molecule has 0 aliphatic carbocycles. The summed E-state index contributed by atoms with van der Waals surface area (Å²) < 4.78 is 22.4. The summed E-state index contributed by atoms with van der Waals surface area (Å²) in [6, 6.07) is 5.89. The molecule has 2 aliphatic heterocycles. The summed E-state index contributed by atoms with van der Waals surface area (Å²) in [5.74, 6) is 1.43. The molecular weight excluding hydrogens is 284 g/mol. The van der Waals surface area contributed by atoms with Crippen molar-refractivity contribution >= 4 is 6.34 Å². The van der Waals surface area contributed by atoms with Gasteiger partial charge >= 0.3 is 0 Å². The maximum atomic E-state index is 5.81. The zero-order valence-corrected chi connectivity index (χ0v) is 12.4. The fourth-order valence-corrected chi connectivity index (χ4v) is 2.24. The molecular formula is C16H20N2O4. The summed E-state index contributed by atoms with van der Waals surface area (Å²) in [6.07, 6.45) is 5.56. The highest BCUT2D eigenvalue weighted by atomic mass is 16.6. The van der Waals surface area contributed by atoms with Gasteiger partial charge in [0.25, 0.3) is 0 Å². The Morgan fingerprint density at radius 1 is 0.909 bits per heavy atom. The van der Waals surface area contributed by atoms with Gasteiger partial charge in [0.05, 0.1) is 38.8 Å². The van der Waals surface area contributed by atoms with Crippen LogP contribution in [0.2, 0.25) is 0 Å². The molecule has 1 atom stereocenters. The Bertz CT molecular complexity index is 533. The molecule has 0 saturated carbocycles. The van der Waals surface area contributed by atoms with Gasteiger partial charge in [-0.15, -0.1) is 0 Å². The second-order valence-corrected chi connectivity index (χ2v) is 4.88. The van der Waals surface area contributed by atoms with Crippen molar-refractivity contribution in [2.24, 2.45) is 4.99 Å². The van der Waals surface area contributed by atoms with Crippen LogP contribution in [-0.4, -0.2) is 46.0 Å². The Hall–Kier alpha value is -2.05. The first-order valence-electron chi connectivity index (χ1n) is 7.43. The van der Waals surface area contributed by atoms with Gasteiger partial charge in [-0.2, -0.15) is 0 Å². The SMILES string of the molecule is C1=C[C@@H](c2ccc3c(c2)OCCOCCOCCO3)N=CN1. The molecule has 0 bridgehead atoms. The molecule has 0 spiro atoms. The van der Waals surface area contributed by atoms with E-state index in [1.54, 1.807) is 6.34 Å². The van der Waals surface area contributed by atoms with Crippen LogP contribution in [0.25, 0.3) is 0 Å². The lowest BCUT2D eigenvalue weighted by atomic mass is 10.1. The second-order valence-electron chi connectivity index (χ2n) is 4.88. The Kier molecular flexibility index (Phi) is 5.28. The van der Waals surface area contributed by atoms with Crippen LogP contribution in [0.3, 0.4) is 0 Å². The molecule has 1 N–H and O–H groups in total. The zero-order valence-electron chi connectivity index (χ0n) is 12.4. The number of ether oxygens (including phenoxy) is 4. The van der Waals surface area contributed by atoms with E-state index in [-0.39, 0.29) is 6.04 Å². The summed E-state index contributed by atoms with van der Waals surface area (Å²) in [5, 5.41) is 2.93. The van der Waals surface area contributed by atoms with Crippen molar-refractivity contribution in [1.82, 2.24) is 5.32 Å². The van der Waals surface area contributed by atoms with Crippen LogP contribution in [0.5, 0.6) is 11.5 Å². The van der Waals surface area contributed by atoms with Gasteiger partial charge < -0.3 is 24.3 Å². The summed E-state index contributed by atoms with van der Waals surface area (Å²) in [5.41, 5.74) is 1.06. The third-order valence-electron chi connectivity index (χ3n) is 3.34.